The Morgan fingerprint density at radius 1 is 1.29 bits per heavy atom. The summed E-state index contributed by atoms with van der Waals surface area (Å²) in [6.45, 7) is 1.19. The molecule has 0 saturated heterocycles. The third-order valence-electron chi connectivity index (χ3n) is 2.70. The summed E-state index contributed by atoms with van der Waals surface area (Å²) in [5, 5.41) is 7.56. The largest absolute Gasteiger partial charge is 0.383 e. The van der Waals surface area contributed by atoms with Gasteiger partial charge in [0.15, 0.2) is 0 Å². The van der Waals surface area contributed by atoms with Gasteiger partial charge in [0.1, 0.15) is 5.02 Å². The Balaban J connectivity index is 2.32. The number of hydrogen-bond acceptors (Lipinski definition) is 4. The number of methoxy groups -OCH3 is 1. The molecule has 0 amide bonds. The van der Waals surface area contributed by atoms with Crippen LogP contribution in [-0.4, -0.2) is 30.0 Å². The maximum absolute atomic E-state index is 12.0. The lowest BCUT2D eigenvalue weighted by molar-refractivity contribution is 0.211. The minimum Gasteiger partial charge on any atom is -0.383 e. The molecule has 5 nitrogen and oxygen atoms in total. The van der Waals surface area contributed by atoms with Crippen molar-refractivity contribution >= 4 is 40.5 Å². The quantitative estimate of drug-likeness (QED) is 0.843. The van der Waals surface area contributed by atoms with Crippen molar-refractivity contribution in [2.45, 2.75) is 0 Å². The Bertz CT molecular complexity index is 704. The molecule has 1 N–H and O–H groups in total. The molecule has 1 aromatic carbocycles. The highest BCUT2D eigenvalue weighted by Gasteiger charge is 2.10. The van der Waals surface area contributed by atoms with E-state index >= 15 is 0 Å². The van der Waals surface area contributed by atoms with E-state index in [4.69, 9.17) is 39.5 Å². The summed E-state index contributed by atoms with van der Waals surface area (Å²) in [4.78, 5) is 12.0. The molecule has 0 fully saturated rings. The van der Waals surface area contributed by atoms with Crippen LogP contribution in [0.1, 0.15) is 0 Å². The summed E-state index contributed by atoms with van der Waals surface area (Å²) in [6.07, 6.45) is 1.31. The number of halogens is 3. The van der Waals surface area contributed by atoms with Gasteiger partial charge in [-0.2, -0.15) is 9.78 Å². The van der Waals surface area contributed by atoms with E-state index < -0.39 is 5.56 Å². The monoisotopic (exact) mass is 347 g/mol. The number of rotatable bonds is 5. The van der Waals surface area contributed by atoms with E-state index in [1.807, 2.05) is 0 Å². The molecule has 0 aliphatic carbocycles. The number of nitrogens with one attached hydrogen (secondary N) is 1. The van der Waals surface area contributed by atoms with Gasteiger partial charge in [0, 0.05) is 13.7 Å². The molecule has 21 heavy (non-hydrogen) atoms. The highest BCUT2D eigenvalue weighted by molar-refractivity contribution is 6.41. The van der Waals surface area contributed by atoms with Gasteiger partial charge in [-0.3, -0.25) is 4.79 Å². The lowest BCUT2D eigenvalue weighted by Gasteiger charge is -2.10. The molecule has 0 bridgehead atoms. The zero-order valence-electron chi connectivity index (χ0n) is 11.1. The average molecular weight is 349 g/mol. The van der Waals surface area contributed by atoms with Gasteiger partial charge in [-0.1, -0.05) is 34.8 Å². The standard InChI is InChI=1S/C13H12Cl3N3O2/c1-21-5-4-17-11-3-2-8(6-9(11)14)19-13(20)12(16)10(15)7-18-19/h2-3,6-7,17H,4-5H2,1H3. The molecular formula is C13H12Cl3N3O2. The first kappa shape index (κ1) is 16.1. The Kier molecular flexibility index (Phi) is 5.47. The predicted molar refractivity (Wildman–Crippen MR) is 85.2 cm³/mol. The Labute approximate surface area is 136 Å². The van der Waals surface area contributed by atoms with Crippen molar-refractivity contribution < 1.29 is 4.74 Å². The lowest BCUT2D eigenvalue weighted by Crippen LogP contribution is -2.21. The number of aromatic nitrogens is 2. The second-order valence-corrected chi connectivity index (χ2v) is 5.30. The molecule has 0 spiro atoms. The fourth-order valence-corrected chi connectivity index (χ4v) is 2.16. The molecule has 2 rings (SSSR count). The van der Waals surface area contributed by atoms with Crippen LogP contribution < -0.4 is 10.9 Å². The molecule has 1 heterocycles. The molecule has 0 aliphatic heterocycles. The highest BCUT2D eigenvalue weighted by atomic mass is 35.5. The second kappa shape index (κ2) is 7.13. The normalized spacial score (nSPS) is 10.7. The summed E-state index contributed by atoms with van der Waals surface area (Å²) < 4.78 is 6.09. The highest BCUT2D eigenvalue weighted by Crippen LogP contribution is 2.24. The molecular weight excluding hydrogens is 337 g/mol. The first-order chi connectivity index (χ1) is 10.0. The van der Waals surface area contributed by atoms with E-state index in [1.165, 1.54) is 6.20 Å². The van der Waals surface area contributed by atoms with Crippen LogP contribution in [0.2, 0.25) is 15.1 Å². The molecule has 8 heteroatoms. The van der Waals surface area contributed by atoms with Crippen LogP contribution in [-0.2, 0) is 4.74 Å². The zero-order chi connectivity index (χ0) is 15.4. The van der Waals surface area contributed by atoms with E-state index in [9.17, 15) is 4.79 Å². The first-order valence-corrected chi connectivity index (χ1v) is 7.14. The Morgan fingerprint density at radius 3 is 2.71 bits per heavy atom. The van der Waals surface area contributed by atoms with Crippen molar-refractivity contribution in [2.75, 3.05) is 25.6 Å². The van der Waals surface area contributed by atoms with E-state index in [0.29, 0.717) is 23.9 Å². The number of hydrogen-bond donors (Lipinski definition) is 1. The van der Waals surface area contributed by atoms with Gasteiger partial charge in [-0.05, 0) is 18.2 Å². The SMILES string of the molecule is COCCNc1ccc(-n2ncc(Cl)c(Cl)c2=O)cc1Cl. The van der Waals surface area contributed by atoms with Crippen molar-refractivity contribution in [1.82, 2.24) is 9.78 Å². The second-order valence-electron chi connectivity index (χ2n) is 4.11. The molecule has 0 unspecified atom stereocenters. The van der Waals surface area contributed by atoms with Crippen LogP contribution in [0.4, 0.5) is 5.69 Å². The Hall–Kier alpha value is -1.27. The van der Waals surface area contributed by atoms with Gasteiger partial charge in [0.2, 0.25) is 0 Å². The van der Waals surface area contributed by atoms with Crippen molar-refractivity contribution in [3.05, 3.63) is 49.8 Å². The van der Waals surface area contributed by atoms with Crippen molar-refractivity contribution in [3.63, 3.8) is 0 Å². The minimum absolute atomic E-state index is 0.0786. The molecule has 1 aromatic heterocycles. The number of ether oxygens (including phenoxy) is 1. The fraction of sp³-hybridized carbons (Fsp3) is 0.231. The molecule has 112 valence electrons. The summed E-state index contributed by atoms with van der Waals surface area (Å²) in [5.74, 6) is 0. The Morgan fingerprint density at radius 2 is 2.05 bits per heavy atom. The minimum atomic E-state index is -0.500. The van der Waals surface area contributed by atoms with E-state index in [0.717, 1.165) is 10.4 Å². The van der Waals surface area contributed by atoms with Crippen LogP contribution in [0.25, 0.3) is 5.69 Å². The fourth-order valence-electron chi connectivity index (χ4n) is 1.66. The summed E-state index contributed by atoms with van der Waals surface area (Å²) in [6, 6.07) is 5.08. The third-order valence-corrected chi connectivity index (χ3v) is 3.76. The van der Waals surface area contributed by atoms with E-state index in [2.05, 4.69) is 10.4 Å². The van der Waals surface area contributed by atoms with Crippen LogP contribution in [0, 0.1) is 0 Å². The summed E-state index contributed by atoms with van der Waals surface area (Å²) in [7, 11) is 1.62. The summed E-state index contributed by atoms with van der Waals surface area (Å²) in [5.41, 5.74) is 0.742. The van der Waals surface area contributed by atoms with Gasteiger partial charge in [-0.15, -0.1) is 0 Å². The maximum Gasteiger partial charge on any atom is 0.291 e. The van der Waals surface area contributed by atoms with Gasteiger partial charge in [0.25, 0.3) is 5.56 Å². The van der Waals surface area contributed by atoms with Crippen molar-refractivity contribution in [1.29, 1.82) is 0 Å². The zero-order valence-corrected chi connectivity index (χ0v) is 13.3. The lowest BCUT2D eigenvalue weighted by atomic mass is 10.2. The molecule has 0 radical (unpaired) electrons. The predicted octanol–water partition coefficient (Wildman–Crippen LogP) is 3.25. The number of anilines is 1. The first-order valence-electron chi connectivity index (χ1n) is 6.00. The molecule has 0 saturated carbocycles. The summed E-state index contributed by atoms with van der Waals surface area (Å²) >= 11 is 17.7. The van der Waals surface area contributed by atoms with Crippen LogP contribution >= 0.6 is 34.8 Å². The van der Waals surface area contributed by atoms with Crippen molar-refractivity contribution in [3.8, 4) is 5.69 Å². The molecule has 0 atom stereocenters. The molecule has 0 aliphatic rings. The van der Waals surface area contributed by atoms with Gasteiger partial charge < -0.3 is 10.1 Å². The maximum atomic E-state index is 12.0. The van der Waals surface area contributed by atoms with E-state index in [1.54, 1.807) is 25.3 Å². The van der Waals surface area contributed by atoms with Crippen LogP contribution in [0.15, 0.2) is 29.2 Å². The average Bonchev–Trinajstić information content (AvgIpc) is 2.47. The van der Waals surface area contributed by atoms with Crippen molar-refractivity contribution in [2.24, 2.45) is 0 Å². The third kappa shape index (κ3) is 3.68. The van der Waals surface area contributed by atoms with Gasteiger partial charge in [-0.25, -0.2) is 0 Å². The van der Waals surface area contributed by atoms with Crippen LogP contribution in [0.5, 0.6) is 0 Å². The number of benzene rings is 1. The van der Waals surface area contributed by atoms with Crippen LogP contribution in [0.3, 0.4) is 0 Å². The van der Waals surface area contributed by atoms with Gasteiger partial charge >= 0.3 is 0 Å². The topological polar surface area (TPSA) is 56.1 Å². The molecule has 2 aromatic rings. The van der Waals surface area contributed by atoms with E-state index in [-0.39, 0.29) is 10.0 Å². The van der Waals surface area contributed by atoms with Gasteiger partial charge in [0.05, 0.1) is 34.2 Å². The smallest absolute Gasteiger partial charge is 0.291 e. The number of nitrogens with zero attached hydrogens (tertiary/aromatic N) is 2.